The van der Waals surface area contributed by atoms with E-state index in [0.717, 1.165) is 19.3 Å². The van der Waals surface area contributed by atoms with Crippen molar-refractivity contribution < 1.29 is 8.42 Å². The largest absolute Gasteiger partial charge is 0.328 e. The van der Waals surface area contributed by atoms with E-state index in [1.165, 1.54) is 0 Å². The molecule has 2 rings (SSSR count). The maximum absolute atomic E-state index is 11.7. The van der Waals surface area contributed by atoms with Crippen LogP contribution in [0.25, 0.3) is 0 Å². The Morgan fingerprint density at radius 3 is 2.71 bits per heavy atom. The van der Waals surface area contributed by atoms with Crippen LogP contribution in [0.5, 0.6) is 0 Å². The summed E-state index contributed by atoms with van der Waals surface area (Å²) in [5, 5.41) is 0. The highest BCUT2D eigenvalue weighted by molar-refractivity contribution is 7.89. The van der Waals surface area contributed by atoms with Gasteiger partial charge in [0.15, 0.2) is 0 Å². The molecule has 1 saturated heterocycles. The number of rotatable bonds is 2. The quantitative estimate of drug-likeness (QED) is 0.717. The third-order valence-corrected chi connectivity index (χ3v) is 5.28. The molecule has 1 heterocycles. The van der Waals surface area contributed by atoms with Crippen molar-refractivity contribution in [2.24, 2.45) is 11.7 Å². The summed E-state index contributed by atoms with van der Waals surface area (Å²) in [6.45, 7) is 2.41. The molecule has 3 unspecified atom stereocenters. The van der Waals surface area contributed by atoms with Gasteiger partial charge < -0.3 is 5.73 Å². The van der Waals surface area contributed by atoms with Crippen LogP contribution < -0.4 is 5.73 Å². The zero-order chi connectivity index (χ0) is 10.3. The topological polar surface area (TPSA) is 63.4 Å². The summed E-state index contributed by atoms with van der Waals surface area (Å²) < 4.78 is 25.2. The zero-order valence-corrected chi connectivity index (χ0v) is 9.33. The fourth-order valence-electron chi connectivity index (χ4n) is 2.75. The van der Waals surface area contributed by atoms with E-state index in [9.17, 15) is 8.42 Å². The van der Waals surface area contributed by atoms with E-state index in [2.05, 4.69) is 0 Å². The van der Waals surface area contributed by atoms with Gasteiger partial charge in [-0.05, 0) is 32.1 Å². The van der Waals surface area contributed by atoms with Crippen LogP contribution in [-0.2, 0) is 10.0 Å². The maximum Gasteiger partial charge on any atom is 0.214 e. The molecule has 82 valence electrons. The molecule has 5 heteroatoms. The average Bonchev–Trinajstić information content (AvgIpc) is 2.42. The minimum Gasteiger partial charge on any atom is -0.328 e. The number of hydrogen-bond donors (Lipinski definition) is 1. The van der Waals surface area contributed by atoms with Crippen LogP contribution in [0.1, 0.15) is 26.2 Å². The van der Waals surface area contributed by atoms with Crippen LogP contribution in [0.3, 0.4) is 0 Å². The number of hydrogen-bond acceptors (Lipinski definition) is 3. The highest BCUT2D eigenvalue weighted by Crippen LogP contribution is 2.36. The van der Waals surface area contributed by atoms with Crippen molar-refractivity contribution in [1.29, 1.82) is 0 Å². The Morgan fingerprint density at radius 1 is 1.36 bits per heavy atom. The summed E-state index contributed by atoms with van der Waals surface area (Å²) in [6, 6.07) is 0.393. The molecule has 1 saturated carbocycles. The molecule has 0 radical (unpaired) electrons. The van der Waals surface area contributed by atoms with Gasteiger partial charge in [0.2, 0.25) is 10.0 Å². The molecule has 0 spiro atoms. The first-order chi connectivity index (χ1) is 6.53. The second-order valence-electron chi connectivity index (χ2n) is 4.46. The molecular formula is C9H18N2O2S. The third-order valence-electron chi connectivity index (χ3n) is 3.38. The van der Waals surface area contributed by atoms with E-state index < -0.39 is 10.0 Å². The number of fused-ring (bicyclic) bond motifs is 2. The first kappa shape index (κ1) is 10.4. The van der Waals surface area contributed by atoms with Gasteiger partial charge in [-0.15, -0.1) is 0 Å². The van der Waals surface area contributed by atoms with Crippen molar-refractivity contribution in [3.05, 3.63) is 0 Å². The van der Waals surface area contributed by atoms with Gasteiger partial charge in [-0.25, -0.2) is 8.42 Å². The zero-order valence-electron chi connectivity index (χ0n) is 8.52. The molecule has 1 aliphatic carbocycles. The second kappa shape index (κ2) is 3.47. The summed E-state index contributed by atoms with van der Waals surface area (Å²) in [5.41, 5.74) is 5.88. The van der Waals surface area contributed by atoms with Crippen LogP contribution >= 0.6 is 0 Å². The van der Waals surface area contributed by atoms with Crippen LogP contribution in [0.2, 0.25) is 0 Å². The van der Waals surface area contributed by atoms with Crippen LogP contribution in [0.15, 0.2) is 0 Å². The van der Waals surface area contributed by atoms with Crippen molar-refractivity contribution in [3.8, 4) is 0 Å². The van der Waals surface area contributed by atoms with Gasteiger partial charge in [-0.2, -0.15) is 4.31 Å². The standard InChI is InChI=1S/C9H18N2O2S/c1-2-14(12,13)11-6-7-3-8(10)5-9(11)4-7/h7-9H,2-6,10H2,1H3. The van der Waals surface area contributed by atoms with Crippen LogP contribution in [0, 0.1) is 5.92 Å². The lowest BCUT2D eigenvalue weighted by Gasteiger charge is -2.26. The molecule has 2 N–H and O–H groups in total. The van der Waals surface area contributed by atoms with Crippen molar-refractivity contribution in [2.75, 3.05) is 12.3 Å². The Bertz CT molecular complexity index is 315. The van der Waals surface area contributed by atoms with E-state index in [1.54, 1.807) is 11.2 Å². The molecule has 1 aliphatic heterocycles. The van der Waals surface area contributed by atoms with Gasteiger partial charge in [0.1, 0.15) is 0 Å². The molecule has 14 heavy (non-hydrogen) atoms. The summed E-state index contributed by atoms with van der Waals surface area (Å²) in [4.78, 5) is 0. The van der Waals surface area contributed by atoms with Gasteiger partial charge in [0.25, 0.3) is 0 Å². The molecule has 0 amide bonds. The molecule has 0 aromatic rings. The van der Waals surface area contributed by atoms with Crippen molar-refractivity contribution in [1.82, 2.24) is 4.31 Å². The predicted octanol–water partition coefficient (Wildman–Crippen LogP) is 0.148. The number of sulfonamides is 1. The molecular weight excluding hydrogens is 200 g/mol. The number of nitrogens with two attached hydrogens (primary N) is 1. The monoisotopic (exact) mass is 218 g/mol. The lowest BCUT2D eigenvalue weighted by atomic mass is 9.87. The minimum absolute atomic E-state index is 0.189. The van der Waals surface area contributed by atoms with E-state index in [-0.39, 0.29) is 17.8 Å². The van der Waals surface area contributed by atoms with Crippen molar-refractivity contribution >= 4 is 10.0 Å². The molecule has 0 aromatic heterocycles. The van der Waals surface area contributed by atoms with Gasteiger partial charge in [-0.3, -0.25) is 0 Å². The Morgan fingerprint density at radius 2 is 2.07 bits per heavy atom. The fraction of sp³-hybridized carbons (Fsp3) is 1.00. The summed E-state index contributed by atoms with van der Waals surface area (Å²) in [7, 11) is -3.00. The molecule has 2 aliphatic rings. The van der Waals surface area contributed by atoms with Gasteiger partial charge in [0, 0.05) is 18.6 Å². The van der Waals surface area contributed by atoms with Crippen molar-refractivity contribution in [3.63, 3.8) is 0 Å². The highest BCUT2D eigenvalue weighted by atomic mass is 32.2. The normalized spacial score (nSPS) is 38.9. The first-order valence-electron chi connectivity index (χ1n) is 5.28. The second-order valence-corrected chi connectivity index (χ2v) is 6.67. The minimum atomic E-state index is -3.00. The van der Waals surface area contributed by atoms with Gasteiger partial charge >= 0.3 is 0 Å². The molecule has 4 nitrogen and oxygen atoms in total. The third kappa shape index (κ3) is 1.68. The average molecular weight is 218 g/mol. The van der Waals surface area contributed by atoms with Crippen LogP contribution in [-0.4, -0.2) is 37.1 Å². The lowest BCUT2D eigenvalue weighted by Crippen LogP contribution is -2.39. The Hall–Kier alpha value is -0.130. The Kier molecular flexibility index (Phi) is 2.57. The highest BCUT2D eigenvalue weighted by Gasteiger charge is 2.42. The van der Waals surface area contributed by atoms with Crippen LogP contribution in [0.4, 0.5) is 0 Å². The van der Waals surface area contributed by atoms with E-state index >= 15 is 0 Å². The van der Waals surface area contributed by atoms with E-state index in [0.29, 0.717) is 12.5 Å². The van der Waals surface area contributed by atoms with E-state index in [4.69, 9.17) is 5.73 Å². The van der Waals surface area contributed by atoms with Crippen molar-refractivity contribution in [2.45, 2.75) is 38.3 Å². The molecule has 3 atom stereocenters. The predicted molar refractivity (Wildman–Crippen MR) is 55.3 cm³/mol. The summed E-state index contributed by atoms with van der Waals surface area (Å²) in [5.74, 6) is 0.718. The fourth-order valence-corrected chi connectivity index (χ4v) is 4.14. The van der Waals surface area contributed by atoms with Gasteiger partial charge in [0.05, 0.1) is 5.75 Å². The first-order valence-corrected chi connectivity index (χ1v) is 6.89. The summed E-state index contributed by atoms with van der Waals surface area (Å²) >= 11 is 0. The van der Waals surface area contributed by atoms with E-state index in [1.807, 2.05) is 0 Å². The Labute approximate surface area is 85.5 Å². The number of nitrogens with zero attached hydrogens (tertiary/aromatic N) is 1. The Balaban J connectivity index is 2.17. The summed E-state index contributed by atoms with van der Waals surface area (Å²) in [6.07, 6.45) is 2.86. The smallest absolute Gasteiger partial charge is 0.214 e. The van der Waals surface area contributed by atoms with Gasteiger partial charge in [-0.1, -0.05) is 0 Å². The molecule has 2 fully saturated rings. The maximum atomic E-state index is 11.7. The molecule has 2 bridgehead atoms. The SMILES string of the molecule is CCS(=O)(=O)N1CC2CC(N)CC1C2. The lowest BCUT2D eigenvalue weighted by molar-refractivity contribution is 0.329. The molecule has 0 aromatic carbocycles.